The molecule has 2 fully saturated rings. The lowest BCUT2D eigenvalue weighted by molar-refractivity contribution is 0.0803. The molecule has 21 heavy (non-hydrogen) atoms. The normalized spacial score (nSPS) is 30.6. The van der Waals surface area contributed by atoms with E-state index in [1.165, 1.54) is 51.5 Å². The van der Waals surface area contributed by atoms with E-state index in [0.717, 1.165) is 37.0 Å². The van der Waals surface area contributed by atoms with Crippen molar-refractivity contribution in [3.8, 4) is 0 Å². The Balaban J connectivity index is 1.82. The highest BCUT2D eigenvalue weighted by molar-refractivity contribution is 4.89. The molecule has 0 aromatic heterocycles. The second-order valence-electron chi connectivity index (χ2n) is 8.42. The van der Waals surface area contributed by atoms with Crippen molar-refractivity contribution >= 4 is 0 Å². The standard InChI is InChI=1S/C19H37NO/c1-5-21-12-6-7-15-13-17(19(2,3)4)9-8-16(15)14-20-18-10-11-18/h15-18,20H,5-14H2,1-4H3. The van der Waals surface area contributed by atoms with Crippen LogP contribution in [-0.4, -0.2) is 25.8 Å². The summed E-state index contributed by atoms with van der Waals surface area (Å²) in [6.07, 6.45) is 9.73. The number of rotatable bonds is 8. The average molecular weight is 296 g/mol. The van der Waals surface area contributed by atoms with Gasteiger partial charge < -0.3 is 10.1 Å². The minimum Gasteiger partial charge on any atom is -0.382 e. The summed E-state index contributed by atoms with van der Waals surface area (Å²) in [6.45, 7) is 12.5. The molecule has 0 radical (unpaired) electrons. The van der Waals surface area contributed by atoms with Gasteiger partial charge in [0.1, 0.15) is 0 Å². The van der Waals surface area contributed by atoms with Crippen molar-refractivity contribution in [2.75, 3.05) is 19.8 Å². The summed E-state index contributed by atoms with van der Waals surface area (Å²) in [5.41, 5.74) is 0.479. The second-order valence-corrected chi connectivity index (χ2v) is 8.42. The van der Waals surface area contributed by atoms with Gasteiger partial charge in [0.2, 0.25) is 0 Å². The molecule has 0 heterocycles. The molecule has 2 aliphatic carbocycles. The molecule has 2 nitrogen and oxygen atoms in total. The van der Waals surface area contributed by atoms with Gasteiger partial charge in [-0.15, -0.1) is 0 Å². The smallest absolute Gasteiger partial charge is 0.0465 e. The van der Waals surface area contributed by atoms with Crippen LogP contribution in [0.5, 0.6) is 0 Å². The Bertz CT molecular complexity index is 292. The Labute approximate surface area is 132 Å². The van der Waals surface area contributed by atoms with Crippen molar-refractivity contribution in [3.63, 3.8) is 0 Å². The van der Waals surface area contributed by atoms with Crippen LogP contribution < -0.4 is 5.32 Å². The van der Waals surface area contributed by atoms with Crippen molar-refractivity contribution in [3.05, 3.63) is 0 Å². The van der Waals surface area contributed by atoms with Gasteiger partial charge in [0, 0.05) is 19.3 Å². The van der Waals surface area contributed by atoms with Gasteiger partial charge in [-0.1, -0.05) is 20.8 Å². The van der Waals surface area contributed by atoms with Crippen LogP contribution in [-0.2, 0) is 4.74 Å². The van der Waals surface area contributed by atoms with E-state index in [1.54, 1.807) is 0 Å². The largest absolute Gasteiger partial charge is 0.382 e. The van der Waals surface area contributed by atoms with E-state index < -0.39 is 0 Å². The summed E-state index contributed by atoms with van der Waals surface area (Å²) < 4.78 is 5.55. The molecule has 2 saturated carbocycles. The van der Waals surface area contributed by atoms with Crippen molar-refractivity contribution in [2.24, 2.45) is 23.2 Å². The molecule has 0 bridgehead atoms. The third kappa shape index (κ3) is 5.90. The zero-order chi connectivity index (χ0) is 15.3. The molecular formula is C19H37NO. The van der Waals surface area contributed by atoms with E-state index in [4.69, 9.17) is 4.74 Å². The number of nitrogens with one attached hydrogen (secondary N) is 1. The fourth-order valence-corrected chi connectivity index (χ4v) is 3.93. The van der Waals surface area contributed by atoms with Gasteiger partial charge in [-0.3, -0.25) is 0 Å². The predicted octanol–water partition coefficient (Wildman–Crippen LogP) is 4.63. The molecule has 1 N–H and O–H groups in total. The Hall–Kier alpha value is -0.0800. The van der Waals surface area contributed by atoms with Gasteiger partial charge >= 0.3 is 0 Å². The van der Waals surface area contributed by atoms with E-state index in [-0.39, 0.29) is 0 Å². The molecular weight excluding hydrogens is 258 g/mol. The average Bonchev–Trinajstić information content (AvgIpc) is 3.25. The third-order valence-electron chi connectivity index (χ3n) is 5.68. The van der Waals surface area contributed by atoms with Crippen molar-refractivity contribution < 1.29 is 4.74 Å². The maximum Gasteiger partial charge on any atom is 0.0465 e. The topological polar surface area (TPSA) is 21.3 Å². The molecule has 2 aliphatic rings. The molecule has 0 aromatic carbocycles. The minimum absolute atomic E-state index is 0.479. The molecule has 3 unspecified atom stereocenters. The van der Waals surface area contributed by atoms with Crippen LogP contribution in [0.25, 0.3) is 0 Å². The Kier molecular flexibility index (Phi) is 6.55. The van der Waals surface area contributed by atoms with Gasteiger partial charge in [-0.2, -0.15) is 0 Å². The molecule has 0 saturated heterocycles. The van der Waals surface area contributed by atoms with E-state index in [2.05, 4.69) is 33.0 Å². The van der Waals surface area contributed by atoms with Crippen molar-refractivity contribution in [2.45, 2.75) is 78.7 Å². The quantitative estimate of drug-likeness (QED) is 0.659. The highest BCUT2D eigenvalue weighted by atomic mass is 16.5. The van der Waals surface area contributed by atoms with Crippen LogP contribution in [0, 0.1) is 23.2 Å². The molecule has 0 spiro atoms. The molecule has 0 aliphatic heterocycles. The summed E-state index contributed by atoms with van der Waals surface area (Å²) in [4.78, 5) is 0. The van der Waals surface area contributed by atoms with E-state index in [0.29, 0.717) is 5.41 Å². The lowest BCUT2D eigenvalue weighted by Gasteiger charge is -2.42. The van der Waals surface area contributed by atoms with Crippen LogP contribution in [0.15, 0.2) is 0 Å². The lowest BCUT2D eigenvalue weighted by Crippen LogP contribution is -2.37. The molecule has 0 amide bonds. The highest BCUT2D eigenvalue weighted by Gasteiger charge is 2.36. The van der Waals surface area contributed by atoms with Gasteiger partial charge in [0.25, 0.3) is 0 Å². The van der Waals surface area contributed by atoms with E-state index in [9.17, 15) is 0 Å². The molecule has 0 aromatic rings. The van der Waals surface area contributed by atoms with Gasteiger partial charge in [0.05, 0.1) is 0 Å². The minimum atomic E-state index is 0.479. The first-order valence-electron chi connectivity index (χ1n) is 9.31. The molecule has 2 rings (SSSR count). The zero-order valence-corrected chi connectivity index (χ0v) is 14.8. The Morgan fingerprint density at radius 3 is 2.43 bits per heavy atom. The number of ether oxygens (including phenoxy) is 1. The van der Waals surface area contributed by atoms with Crippen LogP contribution in [0.3, 0.4) is 0 Å². The van der Waals surface area contributed by atoms with Gasteiger partial charge in [-0.25, -0.2) is 0 Å². The monoisotopic (exact) mass is 295 g/mol. The van der Waals surface area contributed by atoms with Crippen molar-refractivity contribution in [1.82, 2.24) is 5.32 Å². The maximum atomic E-state index is 5.55. The number of hydrogen-bond donors (Lipinski definition) is 1. The fraction of sp³-hybridized carbons (Fsp3) is 1.00. The maximum absolute atomic E-state index is 5.55. The van der Waals surface area contributed by atoms with E-state index in [1.807, 2.05) is 0 Å². The molecule has 124 valence electrons. The Morgan fingerprint density at radius 1 is 1.05 bits per heavy atom. The van der Waals surface area contributed by atoms with E-state index >= 15 is 0 Å². The van der Waals surface area contributed by atoms with Crippen LogP contribution in [0.4, 0.5) is 0 Å². The zero-order valence-electron chi connectivity index (χ0n) is 14.8. The summed E-state index contributed by atoms with van der Waals surface area (Å²) >= 11 is 0. The first-order chi connectivity index (χ1) is 10.0. The lowest BCUT2D eigenvalue weighted by atomic mass is 9.64. The van der Waals surface area contributed by atoms with Crippen LogP contribution in [0.1, 0.15) is 72.6 Å². The SMILES string of the molecule is CCOCCCC1CC(C(C)(C)C)CCC1CNC1CC1. The van der Waals surface area contributed by atoms with Crippen LogP contribution in [0.2, 0.25) is 0 Å². The van der Waals surface area contributed by atoms with Crippen molar-refractivity contribution in [1.29, 1.82) is 0 Å². The number of hydrogen-bond acceptors (Lipinski definition) is 2. The molecule has 2 heteroatoms. The predicted molar refractivity (Wildman–Crippen MR) is 90.5 cm³/mol. The summed E-state index contributed by atoms with van der Waals surface area (Å²) in [5, 5.41) is 3.78. The molecule has 3 atom stereocenters. The highest BCUT2D eigenvalue weighted by Crippen LogP contribution is 2.44. The first kappa shape index (κ1) is 17.3. The summed E-state index contributed by atoms with van der Waals surface area (Å²) in [5.74, 6) is 2.73. The summed E-state index contributed by atoms with van der Waals surface area (Å²) in [7, 11) is 0. The van der Waals surface area contributed by atoms with Gasteiger partial charge in [-0.05, 0) is 81.6 Å². The fourth-order valence-electron chi connectivity index (χ4n) is 3.93. The first-order valence-corrected chi connectivity index (χ1v) is 9.31. The summed E-state index contributed by atoms with van der Waals surface area (Å²) in [6, 6.07) is 0.856. The second kappa shape index (κ2) is 7.97. The third-order valence-corrected chi connectivity index (χ3v) is 5.68. The Morgan fingerprint density at radius 2 is 1.81 bits per heavy atom. The van der Waals surface area contributed by atoms with Gasteiger partial charge in [0.15, 0.2) is 0 Å². The van der Waals surface area contributed by atoms with Crippen LogP contribution >= 0.6 is 0 Å².